The maximum absolute atomic E-state index is 15.0. The lowest BCUT2D eigenvalue weighted by Gasteiger charge is -2.26. The van der Waals surface area contributed by atoms with Crippen molar-refractivity contribution in [3.05, 3.63) is 64.8 Å². The fraction of sp³-hybridized carbons (Fsp3) is 0.462. The van der Waals surface area contributed by atoms with Crippen LogP contribution in [0.1, 0.15) is 69.9 Å². The van der Waals surface area contributed by atoms with Crippen molar-refractivity contribution in [1.82, 2.24) is 0 Å². The van der Waals surface area contributed by atoms with Crippen molar-refractivity contribution in [2.45, 2.75) is 65.2 Å². The number of unbranched alkanes of at least 4 members (excludes halogenated alkanes) is 2. The van der Waals surface area contributed by atoms with Gasteiger partial charge in [-0.25, -0.2) is 22.0 Å². The standard InChI is InChI=1S/C26H29F5/c1-3-5-6-8-19-15-18-13-14-20(24(29)21(18)26(31)23(19)28)25(30)22(27)17-11-9-16(7-4-2)10-12-17/h4,7,13-17H,3,5-6,8-12H2,1-2H3/b7-4+,25-22?. The first-order valence-electron chi connectivity index (χ1n) is 11.2. The predicted molar refractivity (Wildman–Crippen MR) is 116 cm³/mol. The third-order valence-corrected chi connectivity index (χ3v) is 6.29. The second kappa shape index (κ2) is 10.4. The number of hydrogen-bond donors (Lipinski definition) is 0. The molecule has 1 aliphatic carbocycles. The molecule has 0 radical (unpaired) electrons. The molecular weight excluding hydrogens is 407 g/mol. The highest BCUT2D eigenvalue weighted by atomic mass is 19.2. The summed E-state index contributed by atoms with van der Waals surface area (Å²) in [5.74, 6) is -6.33. The van der Waals surface area contributed by atoms with E-state index in [0.29, 0.717) is 31.6 Å². The zero-order valence-electron chi connectivity index (χ0n) is 18.1. The van der Waals surface area contributed by atoms with Crippen LogP contribution >= 0.6 is 0 Å². The zero-order valence-corrected chi connectivity index (χ0v) is 18.1. The van der Waals surface area contributed by atoms with Crippen molar-refractivity contribution >= 4 is 16.6 Å². The molecule has 0 amide bonds. The van der Waals surface area contributed by atoms with Crippen molar-refractivity contribution in [2.75, 3.05) is 0 Å². The predicted octanol–water partition coefficient (Wildman–Crippen LogP) is 8.98. The fourth-order valence-corrected chi connectivity index (χ4v) is 4.50. The first kappa shape index (κ1) is 23.5. The number of benzene rings is 2. The Morgan fingerprint density at radius 1 is 0.968 bits per heavy atom. The van der Waals surface area contributed by atoms with Crippen LogP contribution in [0.15, 0.2) is 36.2 Å². The number of fused-ring (bicyclic) bond motifs is 1. The summed E-state index contributed by atoms with van der Waals surface area (Å²) in [6.07, 6.45) is 9.25. The molecule has 3 rings (SSSR count). The first-order valence-corrected chi connectivity index (χ1v) is 11.2. The van der Waals surface area contributed by atoms with Crippen molar-refractivity contribution in [3.63, 3.8) is 0 Å². The molecule has 168 valence electrons. The number of rotatable bonds is 7. The minimum atomic E-state index is -1.34. The van der Waals surface area contributed by atoms with Crippen LogP contribution in [0, 0.1) is 29.3 Å². The monoisotopic (exact) mass is 436 g/mol. The Morgan fingerprint density at radius 3 is 2.32 bits per heavy atom. The summed E-state index contributed by atoms with van der Waals surface area (Å²) >= 11 is 0. The second-order valence-electron chi connectivity index (χ2n) is 8.45. The van der Waals surface area contributed by atoms with Crippen molar-refractivity contribution in [2.24, 2.45) is 11.8 Å². The Labute approximate surface area is 180 Å². The molecule has 1 aliphatic rings. The number of allylic oxidation sites excluding steroid dienone is 3. The molecule has 0 aliphatic heterocycles. The molecule has 0 heterocycles. The highest BCUT2D eigenvalue weighted by Gasteiger charge is 2.28. The van der Waals surface area contributed by atoms with E-state index in [4.69, 9.17) is 0 Å². The highest BCUT2D eigenvalue weighted by Crippen LogP contribution is 2.40. The first-order chi connectivity index (χ1) is 14.9. The van der Waals surface area contributed by atoms with E-state index in [1.54, 1.807) is 0 Å². The van der Waals surface area contributed by atoms with Gasteiger partial charge in [0.2, 0.25) is 0 Å². The molecule has 0 saturated heterocycles. The summed E-state index contributed by atoms with van der Waals surface area (Å²) in [6.45, 7) is 3.92. The molecule has 0 nitrogen and oxygen atoms in total. The summed E-state index contributed by atoms with van der Waals surface area (Å²) in [5, 5.41) is -0.485. The molecular formula is C26H29F5. The number of aryl methyl sites for hydroxylation is 1. The molecule has 2 aromatic carbocycles. The molecule has 0 bridgehead atoms. The van der Waals surface area contributed by atoms with E-state index in [0.717, 1.165) is 31.7 Å². The molecule has 1 fully saturated rings. The maximum atomic E-state index is 15.0. The summed E-state index contributed by atoms with van der Waals surface area (Å²) < 4.78 is 73.9. The topological polar surface area (TPSA) is 0 Å². The summed E-state index contributed by atoms with van der Waals surface area (Å²) in [5.41, 5.74) is -0.483. The normalized spacial score (nSPS) is 20.5. The van der Waals surface area contributed by atoms with E-state index >= 15 is 4.39 Å². The maximum Gasteiger partial charge on any atom is 0.169 e. The van der Waals surface area contributed by atoms with Gasteiger partial charge in [0, 0.05) is 11.5 Å². The van der Waals surface area contributed by atoms with Crippen LogP contribution in [-0.2, 0) is 6.42 Å². The lowest BCUT2D eigenvalue weighted by molar-refractivity contribution is 0.304. The molecule has 2 aromatic rings. The van der Waals surface area contributed by atoms with Gasteiger partial charge in [0.1, 0.15) is 11.6 Å². The van der Waals surface area contributed by atoms with Crippen LogP contribution in [0.3, 0.4) is 0 Å². The Balaban J connectivity index is 1.94. The van der Waals surface area contributed by atoms with Crippen molar-refractivity contribution in [3.8, 4) is 0 Å². The van der Waals surface area contributed by atoms with Gasteiger partial charge in [0.15, 0.2) is 17.5 Å². The number of hydrogen-bond acceptors (Lipinski definition) is 0. The third-order valence-electron chi connectivity index (χ3n) is 6.29. The lowest BCUT2D eigenvalue weighted by Crippen LogP contribution is -2.14. The third kappa shape index (κ3) is 5.02. The number of halogens is 5. The van der Waals surface area contributed by atoms with Gasteiger partial charge in [-0.1, -0.05) is 38.0 Å². The van der Waals surface area contributed by atoms with Gasteiger partial charge in [0.25, 0.3) is 0 Å². The van der Waals surface area contributed by atoms with Crippen LogP contribution in [0.4, 0.5) is 22.0 Å². The van der Waals surface area contributed by atoms with Gasteiger partial charge in [-0.3, -0.25) is 0 Å². The van der Waals surface area contributed by atoms with Gasteiger partial charge in [-0.15, -0.1) is 0 Å². The van der Waals surface area contributed by atoms with Gasteiger partial charge in [-0.05, 0) is 74.4 Å². The van der Waals surface area contributed by atoms with Crippen LogP contribution in [0.25, 0.3) is 16.6 Å². The largest absolute Gasteiger partial charge is 0.208 e. The molecule has 0 aromatic heterocycles. The highest BCUT2D eigenvalue weighted by molar-refractivity contribution is 5.88. The molecule has 5 heteroatoms. The van der Waals surface area contributed by atoms with Crippen molar-refractivity contribution < 1.29 is 22.0 Å². The average molecular weight is 437 g/mol. The fourth-order valence-electron chi connectivity index (χ4n) is 4.50. The van der Waals surface area contributed by atoms with E-state index in [1.165, 1.54) is 12.1 Å². The van der Waals surface area contributed by atoms with E-state index in [-0.39, 0.29) is 10.9 Å². The molecule has 0 N–H and O–H groups in total. The van der Waals surface area contributed by atoms with Gasteiger partial charge >= 0.3 is 0 Å². The van der Waals surface area contributed by atoms with E-state index in [1.807, 2.05) is 19.9 Å². The van der Waals surface area contributed by atoms with Gasteiger partial charge < -0.3 is 0 Å². The van der Waals surface area contributed by atoms with Crippen LogP contribution in [0.5, 0.6) is 0 Å². The SMILES string of the molecule is C/C=C/C1CCC(C(F)=C(F)c2ccc3cc(CCCCC)c(F)c(F)c3c2F)CC1. The van der Waals surface area contributed by atoms with E-state index in [9.17, 15) is 17.6 Å². The average Bonchev–Trinajstić information content (AvgIpc) is 2.77. The molecule has 0 atom stereocenters. The lowest BCUT2D eigenvalue weighted by atomic mass is 9.81. The van der Waals surface area contributed by atoms with Crippen LogP contribution < -0.4 is 0 Å². The molecule has 0 unspecified atom stereocenters. The summed E-state index contributed by atoms with van der Waals surface area (Å²) in [6, 6.07) is 3.84. The van der Waals surface area contributed by atoms with Gasteiger partial charge in [-0.2, -0.15) is 0 Å². The van der Waals surface area contributed by atoms with Crippen LogP contribution in [-0.4, -0.2) is 0 Å². The van der Waals surface area contributed by atoms with Gasteiger partial charge in [0.05, 0.1) is 5.39 Å². The second-order valence-corrected chi connectivity index (χ2v) is 8.45. The molecule has 31 heavy (non-hydrogen) atoms. The molecule has 0 spiro atoms. The summed E-state index contributed by atoms with van der Waals surface area (Å²) in [4.78, 5) is 0. The molecule has 1 saturated carbocycles. The minimum absolute atomic E-state index is 0.145. The van der Waals surface area contributed by atoms with E-state index < -0.39 is 46.0 Å². The smallest absolute Gasteiger partial charge is 0.169 e. The summed E-state index contributed by atoms with van der Waals surface area (Å²) in [7, 11) is 0. The minimum Gasteiger partial charge on any atom is -0.208 e. The Bertz CT molecular complexity index is 981. The van der Waals surface area contributed by atoms with Crippen LogP contribution in [0.2, 0.25) is 0 Å². The van der Waals surface area contributed by atoms with E-state index in [2.05, 4.69) is 6.08 Å². The zero-order chi connectivity index (χ0) is 22.5. The van der Waals surface area contributed by atoms with Crippen molar-refractivity contribution in [1.29, 1.82) is 0 Å². The quantitative estimate of drug-likeness (QED) is 0.231. The Kier molecular flexibility index (Phi) is 7.90. The Hall–Kier alpha value is -2.17. The Morgan fingerprint density at radius 2 is 1.68 bits per heavy atom.